The summed E-state index contributed by atoms with van der Waals surface area (Å²) in [6.07, 6.45) is 3.18. The Balaban J connectivity index is 2.32. The van der Waals surface area contributed by atoms with Crippen molar-refractivity contribution in [2.75, 3.05) is 19.0 Å². The molecule has 0 aliphatic heterocycles. The molecule has 28 heavy (non-hydrogen) atoms. The maximum atomic E-state index is 12.6. The molecule has 0 spiro atoms. The molecule has 0 saturated heterocycles. The number of aryl methyl sites for hydroxylation is 1. The summed E-state index contributed by atoms with van der Waals surface area (Å²) in [5.41, 5.74) is 2.37. The highest BCUT2D eigenvalue weighted by Crippen LogP contribution is 2.37. The standard InChI is InChI=1S/C22H23BrN2O3/c1-4-10-28-21-18(23)12-15(13-20(21)27-3)11-17(14-24)22(26)25-19-9-7-6-8-16(19)5-2/h6-9,11-13H,4-5,10H2,1-3H3,(H,25,26)/b17-11+. The van der Waals surface area contributed by atoms with E-state index in [0.717, 1.165) is 18.4 Å². The summed E-state index contributed by atoms with van der Waals surface area (Å²) in [5.74, 6) is 0.675. The molecular weight excluding hydrogens is 420 g/mol. The molecule has 0 aliphatic carbocycles. The first-order valence-corrected chi connectivity index (χ1v) is 9.84. The van der Waals surface area contributed by atoms with E-state index >= 15 is 0 Å². The molecular formula is C22H23BrN2O3. The fraction of sp³-hybridized carbons (Fsp3) is 0.273. The van der Waals surface area contributed by atoms with Crippen LogP contribution in [0.4, 0.5) is 5.69 Å². The molecule has 2 aromatic carbocycles. The number of nitriles is 1. The SMILES string of the molecule is CCCOc1c(Br)cc(/C=C(\C#N)C(=O)Nc2ccccc2CC)cc1OC. The molecule has 0 unspecified atom stereocenters. The fourth-order valence-electron chi connectivity index (χ4n) is 2.62. The Morgan fingerprint density at radius 2 is 2.04 bits per heavy atom. The van der Waals surface area contributed by atoms with Crippen LogP contribution in [0, 0.1) is 11.3 Å². The van der Waals surface area contributed by atoms with Gasteiger partial charge in [-0.3, -0.25) is 4.79 Å². The number of anilines is 1. The van der Waals surface area contributed by atoms with Crippen LogP contribution in [-0.4, -0.2) is 19.6 Å². The second-order valence-electron chi connectivity index (χ2n) is 6.02. The van der Waals surface area contributed by atoms with Crippen LogP contribution in [0.2, 0.25) is 0 Å². The minimum Gasteiger partial charge on any atom is -0.493 e. The van der Waals surface area contributed by atoms with Gasteiger partial charge in [-0.05, 0) is 64.2 Å². The summed E-state index contributed by atoms with van der Waals surface area (Å²) in [5, 5.41) is 12.3. The molecule has 2 rings (SSSR count). The molecule has 0 radical (unpaired) electrons. The number of halogens is 1. The maximum absolute atomic E-state index is 12.6. The number of para-hydroxylation sites is 1. The van der Waals surface area contributed by atoms with Crippen molar-refractivity contribution in [3.05, 3.63) is 57.6 Å². The van der Waals surface area contributed by atoms with Crippen LogP contribution in [0.25, 0.3) is 6.08 Å². The van der Waals surface area contributed by atoms with Crippen LogP contribution >= 0.6 is 15.9 Å². The highest BCUT2D eigenvalue weighted by molar-refractivity contribution is 9.10. The first-order chi connectivity index (χ1) is 13.5. The molecule has 146 valence electrons. The smallest absolute Gasteiger partial charge is 0.266 e. The fourth-order valence-corrected chi connectivity index (χ4v) is 3.20. The molecule has 0 saturated carbocycles. The molecule has 0 heterocycles. The van der Waals surface area contributed by atoms with Gasteiger partial charge in [0.2, 0.25) is 0 Å². The van der Waals surface area contributed by atoms with Gasteiger partial charge >= 0.3 is 0 Å². The zero-order valence-electron chi connectivity index (χ0n) is 16.2. The Hall–Kier alpha value is -2.78. The lowest BCUT2D eigenvalue weighted by atomic mass is 10.1. The number of ether oxygens (including phenoxy) is 2. The highest BCUT2D eigenvalue weighted by atomic mass is 79.9. The van der Waals surface area contributed by atoms with E-state index in [1.54, 1.807) is 19.2 Å². The molecule has 2 aromatic rings. The summed E-state index contributed by atoms with van der Waals surface area (Å²) in [7, 11) is 1.55. The molecule has 0 bridgehead atoms. The number of carbonyl (C=O) groups excluding carboxylic acids is 1. The average Bonchev–Trinajstić information content (AvgIpc) is 2.71. The van der Waals surface area contributed by atoms with E-state index in [9.17, 15) is 10.1 Å². The number of methoxy groups -OCH3 is 1. The first kappa shape index (κ1) is 21.5. The number of amides is 1. The maximum Gasteiger partial charge on any atom is 0.266 e. The van der Waals surface area contributed by atoms with E-state index in [4.69, 9.17) is 9.47 Å². The predicted octanol–water partition coefficient (Wildman–Crippen LogP) is 5.35. The Labute approximate surface area is 174 Å². The van der Waals surface area contributed by atoms with Crippen molar-refractivity contribution in [2.45, 2.75) is 26.7 Å². The molecule has 0 aromatic heterocycles. The number of benzene rings is 2. The van der Waals surface area contributed by atoms with E-state index < -0.39 is 5.91 Å². The zero-order chi connectivity index (χ0) is 20.5. The van der Waals surface area contributed by atoms with Crippen LogP contribution in [0.15, 0.2) is 46.4 Å². The van der Waals surface area contributed by atoms with Gasteiger partial charge in [-0.1, -0.05) is 32.0 Å². The molecule has 0 aliphatic rings. The second kappa shape index (κ2) is 10.5. The van der Waals surface area contributed by atoms with Crippen LogP contribution in [-0.2, 0) is 11.2 Å². The summed E-state index contributed by atoms with van der Waals surface area (Å²) in [6, 6.07) is 13.0. The van der Waals surface area contributed by atoms with Crippen molar-refractivity contribution < 1.29 is 14.3 Å². The van der Waals surface area contributed by atoms with E-state index in [1.807, 2.05) is 44.2 Å². The number of rotatable bonds is 8. The van der Waals surface area contributed by atoms with Gasteiger partial charge in [-0.15, -0.1) is 0 Å². The lowest BCUT2D eigenvalue weighted by Crippen LogP contribution is -2.14. The van der Waals surface area contributed by atoms with Crippen molar-refractivity contribution in [1.29, 1.82) is 5.26 Å². The van der Waals surface area contributed by atoms with Crippen LogP contribution in [0.1, 0.15) is 31.4 Å². The van der Waals surface area contributed by atoms with E-state index in [0.29, 0.717) is 33.8 Å². The third-order valence-electron chi connectivity index (χ3n) is 4.02. The van der Waals surface area contributed by atoms with E-state index in [-0.39, 0.29) is 5.57 Å². The van der Waals surface area contributed by atoms with Gasteiger partial charge in [0.05, 0.1) is 18.2 Å². The van der Waals surface area contributed by atoms with Gasteiger partial charge in [0.15, 0.2) is 11.5 Å². The predicted molar refractivity (Wildman–Crippen MR) is 115 cm³/mol. The Morgan fingerprint density at radius 1 is 1.29 bits per heavy atom. The number of hydrogen-bond acceptors (Lipinski definition) is 4. The van der Waals surface area contributed by atoms with Gasteiger partial charge in [0, 0.05) is 5.69 Å². The number of hydrogen-bond donors (Lipinski definition) is 1. The largest absolute Gasteiger partial charge is 0.493 e. The highest BCUT2D eigenvalue weighted by Gasteiger charge is 2.14. The van der Waals surface area contributed by atoms with Crippen LogP contribution < -0.4 is 14.8 Å². The van der Waals surface area contributed by atoms with Crippen molar-refractivity contribution in [3.8, 4) is 17.6 Å². The molecule has 6 heteroatoms. The monoisotopic (exact) mass is 442 g/mol. The number of nitrogens with zero attached hydrogens (tertiary/aromatic N) is 1. The molecule has 1 N–H and O–H groups in total. The molecule has 0 fully saturated rings. The lowest BCUT2D eigenvalue weighted by molar-refractivity contribution is -0.112. The lowest BCUT2D eigenvalue weighted by Gasteiger charge is -2.13. The topological polar surface area (TPSA) is 71.3 Å². The third kappa shape index (κ3) is 5.37. The van der Waals surface area contributed by atoms with Crippen molar-refractivity contribution in [3.63, 3.8) is 0 Å². The number of carbonyl (C=O) groups is 1. The third-order valence-corrected chi connectivity index (χ3v) is 4.61. The van der Waals surface area contributed by atoms with Crippen molar-refractivity contribution in [1.82, 2.24) is 0 Å². The Kier molecular flexibility index (Phi) is 8.09. The minimum absolute atomic E-state index is 0.00193. The molecule has 5 nitrogen and oxygen atoms in total. The van der Waals surface area contributed by atoms with Crippen LogP contribution in [0.3, 0.4) is 0 Å². The average molecular weight is 443 g/mol. The van der Waals surface area contributed by atoms with Crippen molar-refractivity contribution in [2.24, 2.45) is 0 Å². The van der Waals surface area contributed by atoms with Gasteiger partial charge in [-0.2, -0.15) is 5.26 Å². The Bertz CT molecular complexity index is 916. The molecule has 0 atom stereocenters. The minimum atomic E-state index is -0.454. The van der Waals surface area contributed by atoms with Gasteiger partial charge in [0.25, 0.3) is 5.91 Å². The second-order valence-corrected chi connectivity index (χ2v) is 6.87. The summed E-state index contributed by atoms with van der Waals surface area (Å²) in [6.45, 7) is 4.59. The quantitative estimate of drug-likeness (QED) is 0.441. The Morgan fingerprint density at radius 3 is 2.68 bits per heavy atom. The van der Waals surface area contributed by atoms with E-state index in [1.165, 1.54) is 6.08 Å². The van der Waals surface area contributed by atoms with Gasteiger partial charge in [-0.25, -0.2) is 0 Å². The summed E-state index contributed by atoms with van der Waals surface area (Å²) in [4.78, 5) is 12.6. The first-order valence-electron chi connectivity index (χ1n) is 9.05. The van der Waals surface area contributed by atoms with Crippen molar-refractivity contribution >= 4 is 33.6 Å². The zero-order valence-corrected chi connectivity index (χ0v) is 17.8. The summed E-state index contributed by atoms with van der Waals surface area (Å²) >= 11 is 3.47. The molecule has 1 amide bonds. The van der Waals surface area contributed by atoms with Crippen LogP contribution in [0.5, 0.6) is 11.5 Å². The van der Waals surface area contributed by atoms with Gasteiger partial charge in [0.1, 0.15) is 11.6 Å². The summed E-state index contributed by atoms with van der Waals surface area (Å²) < 4.78 is 11.8. The van der Waals surface area contributed by atoms with E-state index in [2.05, 4.69) is 21.2 Å². The van der Waals surface area contributed by atoms with Gasteiger partial charge < -0.3 is 14.8 Å². The number of nitrogens with one attached hydrogen (secondary N) is 1. The normalized spacial score (nSPS) is 10.9.